The molecule has 0 radical (unpaired) electrons. The fourth-order valence-corrected chi connectivity index (χ4v) is 2.16. The van der Waals surface area contributed by atoms with Gasteiger partial charge in [-0.2, -0.15) is 0 Å². The molecule has 0 saturated carbocycles. The smallest absolute Gasteiger partial charge is 0.119 e. The molecule has 1 N–H and O–H groups in total. The summed E-state index contributed by atoms with van der Waals surface area (Å²) in [5.41, 5.74) is 3.86. The Balaban J connectivity index is 1.94. The molecule has 0 fully saturated rings. The Labute approximate surface area is 121 Å². The van der Waals surface area contributed by atoms with Gasteiger partial charge in [0.2, 0.25) is 0 Å². The van der Waals surface area contributed by atoms with Crippen LogP contribution in [0.3, 0.4) is 0 Å². The topological polar surface area (TPSA) is 21.3 Å². The van der Waals surface area contributed by atoms with E-state index in [0.717, 1.165) is 12.3 Å². The molecule has 0 heterocycles. The second-order valence-corrected chi connectivity index (χ2v) is 5.09. The zero-order valence-corrected chi connectivity index (χ0v) is 12.5. The quantitative estimate of drug-likeness (QED) is 0.846. The molecule has 2 aromatic rings. The Hall–Kier alpha value is -1.80. The molecule has 0 spiro atoms. The molecule has 2 nitrogen and oxygen atoms in total. The normalized spacial score (nSPS) is 12.2. The zero-order chi connectivity index (χ0) is 14.4. The maximum atomic E-state index is 5.52. The summed E-state index contributed by atoms with van der Waals surface area (Å²) in [7, 11) is 0. The molecule has 20 heavy (non-hydrogen) atoms. The van der Waals surface area contributed by atoms with Gasteiger partial charge in [0.25, 0.3) is 0 Å². The second kappa shape index (κ2) is 7.11. The van der Waals surface area contributed by atoms with Gasteiger partial charge in [-0.1, -0.05) is 42.0 Å². The van der Waals surface area contributed by atoms with Crippen molar-refractivity contribution < 1.29 is 4.74 Å². The SMILES string of the molecule is CCOc1cccc(CN[C@@H](C)c2ccc(C)cc2)c1. The largest absolute Gasteiger partial charge is 0.494 e. The van der Waals surface area contributed by atoms with E-state index in [1.807, 2.05) is 19.1 Å². The molecule has 2 heteroatoms. The summed E-state index contributed by atoms with van der Waals surface area (Å²) in [6.07, 6.45) is 0. The summed E-state index contributed by atoms with van der Waals surface area (Å²) in [4.78, 5) is 0. The Morgan fingerprint density at radius 2 is 1.85 bits per heavy atom. The molecule has 1 atom stereocenters. The highest BCUT2D eigenvalue weighted by atomic mass is 16.5. The lowest BCUT2D eigenvalue weighted by Gasteiger charge is -2.15. The molecular formula is C18H23NO. The van der Waals surface area contributed by atoms with Crippen molar-refractivity contribution in [1.82, 2.24) is 5.32 Å². The third-order valence-electron chi connectivity index (χ3n) is 3.40. The first-order chi connectivity index (χ1) is 9.69. The fourth-order valence-electron chi connectivity index (χ4n) is 2.16. The van der Waals surface area contributed by atoms with Crippen molar-refractivity contribution in [3.63, 3.8) is 0 Å². The molecule has 0 bridgehead atoms. The molecule has 0 unspecified atom stereocenters. The molecule has 0 aromatic heterocycles. The van der Waals surface area contributed by atoms with E-state index in [1.54, 1.807) is 0 Å². The average molecular weight is 269 g/mol. The number of hydrogen-bond acceptors (Lipinski definition) is 2. The van der Waals surface area contributed by atoms with Gasteiger partial charge in [-0.15, -0.1) is 0 Å². The molecule has 0 aliphatic heterocycles. The van der Waals surface area contributed by atoms with E-state index >= 15 is 0 Å². The van der Waals surface area contributed by atoms with Crippen LogP contribution in [0.5, 0.6) is 5.75 Å². The highest BCUT2D eigenvalue weighted by Crippen LogP contribution is 2.16. The molecule has 0 aliphatic rings. The summed E-state index contributed by atoms with van der Waals surface area (Å²) in [5, 5.41) is 3.55. The molecule has 0 amide bonds. The number of nitrogens with one attached hydrogen (secondary N) is 1. The summed E-state index contributed by atoms with van der Waals surface area (Å²) in [5.74, 6) is 0.940. The van der Waals surface area contributed by atoms with Gasteiger partial charge in [0.05, 0.1) is 6.61 Å². The lowest BCUT2D eigenvalue weighted by Crippen LogP contribution is -2.18. The van der Waals surface area contributed by atoms with Crippen molar-refractivity contribution in [3.8, 4) is 5.75 Å². The third kappa shape index (κ3) is 4.10. The van der Waals surface area contributed by atoms with E-state index < -0.39 is 0 Å². The highest BCUT2D eigenvalue weighted by molar-refractivity contribution is 5.29. The maximum Gasteiger partial charge on any atom is 0.119 e. The molecule has 2 rings (SSSR count). The number of ether oxygens (including phenoxy) is 1. The summed E-state index contributed by atoms with van der Waals surface area (Å²) >= 11 is 0. The summed E-state index contributed by atoms with van der Waals surface area (Å²) < 4.78 is 5.52. The van der Waals surface area contributed by atoms with Crippen LogP contribution in [-0.4, -0.2) is 6.61 Å². The van der Waals surface area contributed by atoms with Crippen molar-refractivity contribution in [1.29, 1.82) is 0 Å². The van der Waals surface area contributed by atoms with Crippen LogP contribution in [0.4, 0.5) is 0 Å². The van der Waals surface area contributed by atoms with Gasteiger partial charge >= 0.3 is 0 Å². The Morgan fingerprint density at radius 3 is 2.55 bits per heavy atom. The first kappa shape index (κ1) is 14.6. The maximum absolute atomic E-state index is 5.52. The summed E-state index contributed by atoms with van der Waals surface area (Å²) in [6, 6.07) is 17.3. The van der Waals surface area contributed by atoms with Crippen molar-refractivity contribution in [3.05, 3.63) is 65.2 Å². The van der Waals surface area contributed by atoms with Crippen LogP contribution in [0.2, 0.25) is 0 Å². The molecule has 106 valence electrons. The summed E-state index contributed by atoms with van der Waals surface area (Å²) in [6.45, 7) is 7.86. The Morgan fingerprint density at radius 1 is 1.10 bits per heavy atom. The minimum atomic E-state index is 0.339. The monoisotopic (exact) mass is 269 g/mol. The third-order valence-corrected chi connectivity index (χ3v) is 3.40. The van der Waals surface area contributed by atoms with Gasteiger partial charge in [0.1, 0.15) is 5.75 Å². The Bertz CT molecular complexity index is 533. The van der Waals surface area contributed by atoms with E-state index in [1.165, 1.54) is 16.7 Å². The zero-order valence-electron chi connectivity index (χ0n) is 12.5. The first-order valence-electron chi connectivity index (χ1n) is 7.20. The van der Waals surface area contributed by atoms with Crippen LogP contribution in [0.1, 0.15) is 36.6 Å². The van der Waals surface area contributed by atoms with E-state index in [4.69, 9.17) is 4.74 Å². The van der Waals surface area contributed by atoms with Gasteiger partial charge in [-0.25, -0.2) is 0 Å². The number of rotatable bonds is 6. The average Bonchev–Trinajstić information content (AvgIpc) is 2.46. The van der Waals surface area contributed by atoms with Crippen molar-refractivity contribution in [2.45, 2.75) is 33.4 Å². The fraction of sp³-hybridized carbons (Fsp3) is 0.333. The van der Waals surface area contributed by atoms with E-state index in [0.29, 0.717) is 12.6 Å². The van der Waals surface area contributed by atoms with E-state index in [2.05, 4.69) is 55.6 Å². The van der Waals surface area contributed by atoms with E-state index in [-0.39, 0.29) is 0 Å². The van der Waals surface area contributed by atoms with Gasteiger partial charge < -0.3 is 10.1 Å². The standard InChI is InChI=1S/C18H23NO/c1-4-20-18-7-5-6-16(12-18)13-19-15(3)17-10-8-14(2)9-11-17/h5-12,15,19H,4,13H2,1-3H3/t15-/m0/s1. The Kier molecular flexibility index (Phi) is 5.19. The van der Waals surface area contributed by atoms with Crippen LogP contribution >= 0.6 is 0 Å². The number of benzene rings is 2. The first-order valence-corrected chi connectivity index (χ1v) is 7.20. The van der Waals surface area contributed by atoms with Gasteiger partial charge in [-0.05, 0) is 44.0 Å². The van der Waals surface area contributed by atoms with Crippen LogP contribution in [0.15, 0.2) is 48.5 Å². The van der Waals surface area contributed by atoms with Gasteiger partial charge in [-0.3, -0.25) is 0 Å². The highest BCUT2D eigenvalue weighted by Gasteiger charge is 2.04. The minimum Gasteiger partial charge on any atom is -0.494 e. The lowest BCUT2D eigenvalue weighted by atomic mass is 10.1. The predicted molar refractivity (Wildman–Crippen MR) is 84.0 cm³/mol. The van der Waals surface area contributed by atoms with Gasteiger partial charge in [0.15, 0.2) is 0 Å². The number of aryl methyl sites for hydroxylation is 1. The van der Waals surface area contributed by atoms with Crippen LogP contribution in [0.25, 0.3) is 0 Å². The van der Waals surface area contributed by atoms with Crippen molar-refractivity contribution >= 4 is 0 Å². The van der Waals surface area contributed by atoms with Crippen LogP contribution in [-0.2, 0) is 6.54 Å². The second-order valence-electron chi connectivity index (χ2n) is 5.09. The molecule has 2 aromatic carbocycles. The lowest BCUT2D eigenvalue weighted by molar-refractivity contribution is 0.339. The molecule has 0 saturated heterocycles. The van der Waals surface area contributed by atoms with Crippen molar-refractivity contribution in [2.75, 3.05) is 6.61 Å². The predicted octanol–water partition coefficient (Wildman–Crippen LogP) is 4.24. The van der Waals surface area contributed by atoms with Crippen LogP contribution in [0, 0.1) is 6.92 Å². The number of hydrogen-bond donors (Lipinski definition) is 1. The van der Waals surface area contributed by atoms with Crippen LogP contribution < -0.4 is 10.1 Å². The minimum absolute atomic E-state index is 0.339. The molecule has 0 aliphatic carbocycles. The van der Waals surface area contributed by atoms with E-state index in [9.17, 15) is 0 Å². The van der Waals surface area contributed by atoms with Crippen molar-refractivity contribution in [2.24, 2.45) is 0 Å². The van der Waals surface area contributed by atoms with Gasteiger partial charge in [0, 0.05) is 12.6 Å². The molecular weight excluding hydrogens is 246 g/mol.